The monoisotopic (exact) mass is 297 g/mol. The van der Waals surface area contributed by atoms with E-state index < -0.39 is 0 Å². The van der Waals surface area contributed by atoms with Crippen molar-refractivity contribution in [2.24, 2.45) is 0 Å². The number of nitrogens with one attached hydrogen (secondary N) is 1. The van der Waals surface area contributed by atoms with Crippen LogP contribution in [0.25, 0.3) is 0 Å². The first-order valence-corrected chi connectivity index (χ1v) is 7.43. The molecule has 22 heavy (non-hydrogen) atoms. The van der Waals surface area contributed by atoms with E-state index in [2.05, 4.69) is 29.4 Å². The molecule has 1 atom stereocenters. The van der Waals surface area contributed by atoms with E-state index in [4.69, 9.17) is 5.73 Å². The van der Waals surface area contributed by atoms with Crippen LogP contribution in [0.1, 0.15) is 22.8 Å². The van der Waals surface area contributed by atoms with Crippen molar-refractivity contribution in [3.8, 4) is 0 Å². The number of nitrogens with two attached hydrogens (primary N) is 1. The van der Waals surface area contributed by atoms with E-state index in [-0.39, 0.29) is 11.9 Å². The van der Waals surface area contributed by atoms with Crippen LogP contribution in [-0.4, -0.2) is 30.4 Å². The number of nitrogens with zero attached hydrogens (tertiary/aromatic N) is 1. The number of hydrogen-bond donors (Lipinski definition) is 2. The number of amides is 1. The molecule has 0 heterocycles. The fourth-order valence-electron chi connectivity index (χ4n) is 2.41. The summed E-state index contributed by atoms with van der Waals surface area (Å²) in [6.07, 6.45) is 0. The third-order valence-corrected chi connectivity index (χ3v) is 3.43. The second-order valence-corrected chi connectivity index (χ2v) is 5.68. The first kappa shape index (κ1) is 16.0. The van der Waals surface area contributed by atoms with Crippen LogP contribution < -0.4 is 11.1 Å². The number of anilines is 1. The van der Waals surface area contributed by atoms with Crippen LogP contribution in [0.5, 0.6) is 0 Å². The minimum Gasteiger partial charge on any atom is -0.399 e. The molecule has 0 aromatic heterocycles. The topological polar surface area (TPSA) is 58.4 Å². The van der Waals surface area contributed by atoms with Crippen LogP contribution in [0.4, 0.5) is 5.69 Å². The first-order chi connectivity index (χ1) is 10.5. The molecule has 0 aliphatic carbocycles. The maximum atomic E-state index is 12.1. The predicted molar refractivity (Wildman–Crippen MR) is 90.6 cm³/mol. The van der Waals surface area contributed by atoms with Gasteiger partial charge in [0.15, 0.2) is 0 Å². The van der Waals surface area contributed by atoms with Gasteiger partial charge in [-0.2, -0.15) is 0 Å². The summed E-state index contributed by atoms with van der Waals surface area (Å²) in [5.41, 5.74) is 8.19. The SMILES string of the molecule is CC(CN(C)Cc1ccccc1)NC(=O)c1ccc(N)cc1. The molecule has 0 radical (unpaired) electrons. The van der Waals surface area contributed by atoms with Gasteiger partial charge >= 0.3 is 0 Å². The van der Waals surface area contributed by atoms with Gasteiger partial charge in [0.2, 0.25) is 0 Å². The standard InChI is InChI=1S/C18H23N3O/c1-14(12-21(2)13-15-6-4-3-5-7-15)20-18(22)16-8-10-17(19)11-9-16/h3-11,14H,12-13,19H2,1-2H3,(H,20,22). The Hall–Kier alpha value is -2.33. The summed E-state index contributed by atoms with van der Waals surface area (Å²) in [6, 6.07) is 17.3. The molecule has 1 unspecified atom stereocenters. The summed E-state index contributed by atoms with van der Waals surface area (Å²) in [7, 11) is 2.05. The number of carbonyl (C=O) groups is 1. The van der Waals surface area contributed by atoms with Gasteiger partial charge in [0.1, 0.15) is 0 Å². The Kier molecular flexibility index (Phi) is 5.55. The second-order valence-electron chi connectivity index (χ2n) is 5.68. The zero-order chi connectivity index (χ0) is 15.9. The molecular weight excluding hydrogens is 274 g/mol. The number of carbonyl (C=O) groups excluding carboxylic acids is 1. The lowest BCUT2D eigenvalue weighted by Gasteiger charge is -2.22. The van der Waals surface area contributed by atoms with Gasteiger partial charge in [-0.1, -0.05) is 30.3 Å². The number of hydrogen-bond acceptors (Lipinski definition) is 3. The Balaban J connectivity index is 1.83. The second kappa shape index (κ2) is 7.61. The van der Waals surface area contributed by atoms with Crippen LogP contribution in [0.3, 0.4) is 0 Å². The Bertz CT molecular complexity index is 595. The van der Waals surface area contributed by atoms with Crippen LogP contribution >= 0.6 is 0 Å². The Morgan fingerprint density at radius 2 is 1.77 bits per heavy atom. The Morgan fingerprint density at radius 1 is 1.14 bits per heavy atom. The molecular formula is C18H23N3O. The van der Waals surface area contributed by atoms with Crippen molar-refractivity contribution in [2.45, 2.75) is 19.5 Å². The summed E-state index contributed by atoms with van der Waals surface area (Å²) >= 11 is 0. The molecule has 0 saturated carbocycles. The molecule has 0 saturated heterocycles. The zero-order valence-corrected chi connectivity index (χ0v) is 13.1. The molecule has 4 heteroatoms. The van der Waals surface area contributed by atoms with Crippen LogP contribution in [0, 0.1) is 0 Å². The molecule has 0 aliphatic heterocycles. The minimum atomic E-state index is -0.0689. The van der Waals surface area contributed by atoms with Crippen molar-refractivity contribution in [3.63, 3.8) is 0 Å². The smallest absolute Gasteiger partial charge is 0.251 e. The van der Waals surface area contributed by atoms with Gasteiger partial charge in [-0.05, 0) is 43.8 Å². The first-order valence-electron chi connectivity index (χ1n) is 7.43. The van der Waals surface area contributed by atoms with Crippen molar-refractivity contribution in [1.82, 2.24) is 10.2 Å². The molecule has 116 valence electrons. The molecule has 3 N–H and O–H groups in total. The maximum absolute atomic E-state index is 12.1. The van der Waals surface area contributed by atoms with Crippen LogP contribution in [0.15, 0.2) is 54.6 Å². The van der Waals surface area contributed by atoms with E-state index in [1.807, 2.05) is 25.1 Å². The van der Waals surface area contributed by atoms with E-state index >= 15 is 0 Å². The fourth-order valence-corrected chi connectivity index (χ4v) is 2.41. The van der Waals surface area contributed by atoms with E-state index in [9.17, 15) is 4.79 Å². The largest absolute Gasteiger partial charge is 0.399 e. The highest BCUT2D eigenvalue weighted by Crippen LogP contribution is 2.06. The molecule has 0 bridgehead atoms. The highest BCUT2D eigenvalue weighted by atomic mass is 16.1. The van der Waals surface area contributed by atoms with Gasteiger partial charge in [-0.25, -0.2) is 0 Å². The van der Waals surface area contributed by atoms with Crippen LogP contribution in [-0.2, 0) is 6.54 Å². The highest BCUT2D eigenvalue weighted by molar-refractivity contribution is 5.94. The van der Waals surface area contributed by atoms with E-state index in [0.717, 1.165) is 13.1 Å². The summed E-state index contributed by atoms with van der Waals surface area (Å²) in [4.78, 5) is 14.3. The van der Waals surface area contributed by atoms with Gasteiger partial charge in [0, 0.05) is 30.4 Å². The number of benzene rings is 2. The molecule has 1 amide bonds. The van der Waals surface area contributed by atoms with Crippen molar-refractivity contribution in [1.29, 1.82) is 0 Å². The minimum absolute atomic E-state index is 0.0683. The average molecular weight is 297 g/mol. The fraction of sp³-hybridized carbons (Fsp3) is 0.278. The van der Waals surface area contributed by atoms with Crippen LogP contribution in [0.2, 0.25) is 0 Å². The zero-order valence-electron chi connectivity index (χ0n) is 13.1. The number of nitrogen functional groups attached to an aromatic ring is 1. The van der Waals surface area contributed by atoms with Gasteiger partial charge in [-0.15, -0.1) is 0 Å². The van der Waals surface area contributed by atoms with Gasteiger partial charge < -0.3 is 16.0 Å². The lowest BCUT2D eigenvalue weighted by Crippen LogP contribution is -2.40. The third-order valence-electron chi connectivity index (χ3n) is 3.43. The molecule has 0 fully saturated rings. The van der Waals surface area contributed by atoms with Gasteiger partial charge in [0.05, 0.1) is 0 Å². The Morgan fingerprint density at radius 3 is 2.41 bits per heavy atom. The summed E-state index contributed by atoms with van der Waals surface area (Å²) in [6.45, 7) is 3.66. The van der Waals surface area contributed by atoms with Crippen molar-refractivity contribution in [2.75, 3.05) is 19.3 Å². The lowest BCUT2D eigenvalue weighted by atomic mass is 10.1. The van der Waals surface area contributed by atoms with E-state index in [0.29, 0.717) is 11.3 Å². The molecule has 2 rings (SSSR count). The van der Waals surface area contributed by atoms with E-state index in [1.165, 1.54) is 5.56 Å². The predicted octanol–water partition coefficient (Wildman–Crippen LogP) is 2.52. The quantitative estimate of drug-likeness (QED) is 0.806. The van der Waals surface area contributed by atoms with E-state index in [1.54, 1.807) is 24.3 Å². The summed E-state index contributed by atoms with van der Waals surface area (Å²) in [5, 5.41) is 3.01. The average Bonchev–Trinajstić information content (AvgIpc) is 2.48. The normalized spacial score (nSPS) is 12.1. The number of likely N-dealkylation sites (N-methyl/N-ethyl adjacent to an activating group) is 1. The highest BCUT2D eigenvalue weighted by Gasteiger charge is 2.11. The summed E-state index contributed by atoms with van der Waals surface area (Å²) < 4.78 is 0. The number of rotatable bonds is 6. The van der Waals surface area contributed by atoms with Crippen molar-refractivity contribution < 1.29 is 4.79 Å². The molecule has 2 aromatic rings. The van der Waals surface area contributed by atoms with Crippen molar-refractivity contribution in [3.05, 3.63) is 65.7 Å². The summed E-state index contributed by atoms with van der Waals surface area (Å²) in [5.74, 6) is -0.0689. The maximum Gasteiger partial charge on any atom is 0.251 e. The van der Waals surface area contributed by atoms with Crippen molar-refractivity contribution >= 4 is 11.6 Å². The third kappa shape index (κ3) is 4.90. The van der Waals surface area contributed by atoms with Gasteiger partial charge in [0.25, 0.3) is 5.91 Å². The van der Waals surface area contributed by atoms with Gasteiger partial charge in [-0.3, -0.25) is 4.79 Å². The molecule has 0 spiro atoms. The molecule has 2 aromatic carbocycles. The molecule has 4 nitrogen and oxygen atoms in total. The Labute approximate surface area is 131 Å². The lowest BCUT2D eigenvalue weighted by molar-refractivity contribution is 0.0931. The molecule has 0 aliphatic rings.